The summed E-state index contributed by atoms with van der Waals surface area (Å²) in [5.74, 6) is 1.44. The van der Waals surface area contributed by atoms with Gasteiger partial charge in [0.25, 0.3) is 0 Å². The zero-order valence-corrected chi connectivity index (χ0v) is 18.4. The number of ether oxygens (including phenoxy) is 2. The molecule has 0 amide bonds. The molecule has 0 saturated carbocycles. The highest BCUT2D eigenvalue weighted by atomic mass is 127. The molecule has 0 unspecified atom stereocenters. The second-order valence-corrected chi connectivity index (χ2v) is 6.42. The minimum atomic E-state index is 0. The Hall–Kier alpha value is -1.37. The molecule has 0 bridgehead atoms. The smallest absolute Gasteiger partial charge is 0.191 e. The average molecular weight is 486 g/mol. The summed E-state index contributed by atoms with van der Waals surface area (Å²) >= 11 is 0. The maximum atomic E-state index is 8.97. The second-order valence-electron chi connectivity index (χ2n) is 6.42. The number of nitrogens with zero attached hydrogens (tertiary/aromatic N) is 2. The Morgan fingerprint density at radius 2 is 2.15 bits per heavy atom. The van der Waals surface area contributed by atoms with Gasteiger partial charge < -0.3 is 20.1 Å². The monoisotopic (exact) mass is 486 g/mol. The van der Waals surface area contributed by atoms with E-state index in [0.29, 0.717) is 18.0 Å². The molecule has 1 aliphatic heterocycles. The van der Waals surface area contributed by atoms with Crippen LogP contribution >= 0.6 is 24.0 Å². The van der Waals surface area contributed by atoms with Gasteiger partial charge in [-0.05, 0) is 49.8 Å². The predicted octanol–water partition coefficient (Wildman–Crippen LogP) is 3.06. The van der Waals surface area contributed by atoms with Crippen molar-refractivity contribution in [3.05, 3.63) is 35.4 Å². The number of hydrogen-bond acceptors (Lipinski definition) is 4. The van der Waals surface area contributed by atoms with Gasteiger partial charge in [-0.1, -0.05) is 12.1 Å². The Kier molecular flexibility index (Phi) is 12.9. The molecule has 0 spiro atoms. The normalized spacial score (nSPS) is 14.9. The summed E-state index contributed by atoms with van der Waals surface area (Å²) in [6.45, 7) is 7.56. The van der Waals surface area contributed by atoms with Gasteiger partial charge in [0.15, 0.2) is 5.96 Å². The Morgan fingerprint density at radius 1 is 1.33 bits per heavy atom. The Balaban J connectivity index is 0.00000364. The van der Waals surface area contributed by atoms with E-state index in [4.69, 9.17) is 14.7 Å². The highest BCUT2D eigenvalue weighted by Crippen LogP contribution is 2.14. The summed E-state index contributed by atoms with van der Waals surface area (Å²) in [4.78, 5) is 4.58. The van der Waals surface area contributed by atoms with Gasteiger partial charge in [-0.3, -0.25) is 0 Å². The third-order valence-electron chi connectivity index (χ3n) is 4.27. The van der Waals surface area contributed by atoms with Crippen LogP contribution in [0.4, 0.5) is 0 Å². The Morgan fingerprint density at radius 3 is 2.89 bits per heavy atom. The van der Waals surface area contributed by atoms with Gasteiger partial charge in [0.2, 0.25) is 0 Å². The van der Waals surface area contributed by atoms with E-state index in [-0.39, 0.29) is 24.0 Å². The number of hydrogen-bond donors (Lipinski definition) is 2. The Bertz CT molecular complexity index is 598. The van der Waals surface area contributed by atoms with Crippen molar-refractivity contribution in [3.8, 4) is 6.07 Å². The lowest BCUT2D eigenvalue weighted by molar-refractivity contribution is 0.0203. The molecular weight excluding hydrogens is 455 g/mol. The number of halogens is 1. The van der Waals surface area contributed by atoms with Gasteiger partial charge in [0.05, 0.1) is 18.2 Å². The molecular formula is C20H31IN4O2. The fourth-order valence-electron chi connectivity index (χ4n) is 2.80. The van der Waals surface area contributed by atoms with Crippen molar-refractivity contribution in [2.45, 2.75) is 32.7 Å². The molecule has 27 heavy (non-hydrogen) atoms. The molecule has 0 radical (unpaired) electrons. The fourth-order valence-corrected chi connectivity index (χ4v) is 2.80. The quantitative estimate of drug-likeness (QED) is 0.243. The van der Waals surface area contributed by atoms with E-state index >= 15 is 0 Å². The molecule has 1 aliphatic rings. The average Bonchev–Trinajstić information content (AvgIpc) is 2.69. The van der Waals surface area contributed by atoms with Crippen LogP contribution in [0.2, 0.25) is 0 Å². The topological polar surface area (TPSA) is 78.7 Å². The maximum Gasteiger partial charge on any atom is 0.191 e. The molecule has 1 heterocycles. The van der Waals surface area contributed by atoms with E-state index in [1.54, 1.807) is 6.07 Å². The minimum absolute atomic E-state index is 0. The first-order valence-corrected chi connectivity index (χ1v) is 9.48. The highest BCUT2D eigenvalue weighted by molar-refractivity contribution is 14.0. The predicted molar refractivity (Wildman–Crippen MR) is 118 cm³/mol. The molecule has 1 aromatic carbocycles. The van der Waals surface area contributed by atoms with Crippen LogP contribution < -0.4 is 10.6 Å². The zero-order valence-electron chi connectivity index (χ0n) is 16.1. The zero-order chi connectivity index (χ0) is 18.5. The summed E-state index contributed by atoms with van der Waals surface area (Å²) in [5, 5.41) is 15.5. The molecule has 2 rings (SSSR count). The second kappa shape index (κ2) is 14.7. The first-order chi connectivity index (χ1) is 12.8. The fraction of sp³-hybridized carbons (Fsp3) is 0.600. The number of rotatable bonds is 9. The van der Waals surface area contributed by atoms with Crippen LogP contribution in [0.5, 0.6) is 0 Å². The number of nitrogens with one attached hydrogen (secondary N) is 2. The standard InChI is InChI=1S/C20H30N4O2.HI/c1-2-22-20(24-15-19-6-3-5-18(13-19)14-21)23-9-4-10-26-16-17-7-11-25-12-8-17;/h3,5-6,13,17H,2,4,7-12,15-16H2,1H3,(H2,22,23,24);1H. The lowest BCUT2D eigenvalue weighted by Gasteiger charge is -2.21. The van der Waals surface area contributed by atoms with Crippen molar-refractivity contribution in [1.82, 2.24) is 10.6 Å². The summed E-state index contributed by atoms with van der Waals surface area (Å²) in [6.07, 6.45) is 3.17. The number of aliphatic imine (C=N–C) groups is 1. The van der Waals surface area contributed by atoms with Crippen LogP contribution in [-0.2, 0) is 16.0 Å². The summed E-state index contributed by atoms with van der Waals surface area (Å²) in [6, 6.07) is 9.70. The summed E-state index contributed by atoms with van der Waals surface area (Å²) in [5.41, 5.74) is 1.69. The summed E-state index contributed by atoms with van der Waals surface area (Å²) < 4.78 is 11.1. The maximum absolute atomic E-state index is 8.97. The first kappa shape index (κ1) is 23.7. The molecule has 0 aliphatic carbocycles. The van der Waals surface area contributed by atoms with Crippen molar-refractivity contribution in [3.63, 3.8) is 0 Å². The van der Waals surface area contributed by atoms with E-state index in [9.17, 15) is 0 Å². The van der Waals surface area contributed by atoms with Crippen molar-refractivity contribution < 1.29 is 9.47 Å². The first-order valence-electron chi connectivity index (χ1n) is 9.48. The van der Waals surface area contributed by atoms with E-state index < -0.39 is 0 Å². The van der Waals surface area contributed by atoms with E-state index in [0.717, 1.165) is 70.3 Å². The molecule has 1 saturated heterocycles. The highest BCUT2D eigenvalue weighted by Gasteiger charge is 2.13. The van der Waals surface area contributed by atoms with Crippen molar-refractivity contribution in [1.29, 1.82) is 5.26 Å². The van der Waals surface area contributed by atoms with Crippen LogP contribution in [0, 0.1) is 17.2 Å². The van der Waals surface area contributed by atoms with Gasteiger partial charge in [0.1, 0.15) is 0 Å². The summed E-state index contributed by atoms with van der Waals surface area (Å²) in [7, 11) is 0. The number of guanidine groups is 1. The molecule has 1 aromatic rings. The van der Waals surface area contributed by atoms with Crippen LogP contribution in [0.25, 0.3) is 0 Å². The number of benzene rings is 1. The van der Waals surface area contributed by atoms with Gasteiger partial charge >= 0.3 is 0 Å². The van der Waals surface area contributed by atoms with Crippen molar-refractivity contribution in [2.75, 3.05) is 39.5 Å². The molecule has 0 aromatic heterocycles. The third-order valence-corrected chi connectivity index (χ3v) is 4.27. The van der Waals surface area contributed by atoms with E-state index in [1.807, 2.05) is 25.1 Å². The number of nitriles is 1. The van der Waals surface area contributed by atoms with Gasteiger partial charge in [0, 0.05) is 39.5 Å². The molecule has 150 valence electrons. The largest absolute Gasteiger partial charge is 0.381 e. The molecule has 2 N–H and O–H groups in total. The SMILES string of the molecule is CCNC(=NCc1cccc(C#N)c1)NCCCOCC1CCOCC1.I. The van der Waals surface area contributed by atoms with Crippen LogP contribution in [0.15, 0.2) is 29.3 Å². The molecule has 0 atom stereocenters. The van der Waals surface area contributed by atoms with Gasteiger partial charge in [-0.2, -0.15) is 5.26 Å². The van der Waals surface area contributed by atoms with E-state index in [2.05, 4.69) is 21.7 Å². The van der Waals surface area contributed by atoms with Crippen LogP contribution in [0.3, 0.4) is 0 Å². The van der Waals surface area contributed by atoms with Crippen molar-refractivity contribution >= 4 is 29.9 Å². The van der Waals surface area contributed by atoms with Gasteiger partial charge in [-0.15, -0.1) is 24.0 Å². The molecule has 1 fully saturated rings. The van der Waals surface area contributed by atoms with E-state index in [1.165, 1.54) is 0 Å². The lowest BCUT2D eigenvalue weighted by Crippen LogP contribution is -2.38. The molecule has 6 nitrogen and oxygen atoms in total. The van der Waals surface area contributed by atoms with Crippen LogP contribution in [-0.4, -0.2) is 45.5 Å². The Labute approximate surface area is 179 Å². The van der Waals surface area contributed by atoms with Crippen molar-refractivity contribution in [2.24, 2.45) is 10.9 Å². The van der Waals surface area contributed by atoms with Crippen LogP contribution in [0.1, 0.15) is 37.3 Å². The minimum Gasteiger partial charge on any atom is -0.381 e. The molecule has 7 heteroatoms. The lowest BCUT2D eigenvalue weighted by atomic mass is 10.0. The third kappa shape index (κ3) is 9.94. The van der Waals surface area contributed by atoms with Gasteiger partial charge in [-0.25, -0.2) is 4.99 Å².